The molecule has 1 saturated heterocycles. The number of carbonyl (C=O) groups excluding carboxylic acids is 1. The molecule has 6 nitrogen and oxygen atoms in total. The van der Waals surface area contributed by atoms with Crippen molar-refractivity contribution < 1.29 is 9.53 Å². The molecule has 29 heavy (non-hydrogen) atoms. The number of aryl methyl sites for hydroxylation is 1. The predicted octanol–water partition coefficient (Wildman–Crippen LogP) is 3.34. The Balaban J connectivity index is 1.44. The fourth-order valence-electron chi connectivity index (χ4n) is 3.58. The van der Waals surface area contributed by atoms with Crippen LogP contribution in [0.1, 0.15) is 23.0 Å². The van der Waals surface area contributed by atoms with Gasteiger partial charge >= 0.3 is 0 Å². The molecule has 1 aliphatic heterocycles. The molecular formula is C23H26N4O2. The number of nitrogens with zero attached hydrogens (tertiary/aromatic N) is 3. The lowest BCUT2D eigenvalue weighted by molar-refractivity contribution is 0.0950. The second-order valence-electron chi connectivity index (χ2n) is 7.08. The summed E-state index contributed by atoms with van der Waals surface area (Å²) in [6.45, 7) is 6.75. The summed E-state index contributed by atoms with van der Waals surface area (Å²) in [5.41, 5.74) is 4.99. The highest BCUT2D eigenvalue weighted by Gasteiger charge is 2.12. The highest BCUT2D eigenvalue weighted by Crippen LogP contribution is 2.24. The first kappa shape index (κ1) is 19.2. The standard InChI is InChI=1S/C23H26N4O2/c1-2-26-17-24-15-22(26)16-25-23(28)20-5-3-4-19(14-20)18-6-8-21(9-7-18)27-10-12-29-13-11-27/h3-9,14-15,17H,2,10-13,16H2,1H3,(H,25,28). The third-order valence-electron chi connectivity index (χ3n) is 5.27. The van der Waals surface area contributed by atoms with Crippen LogP contribution in [0.2, 0.25) is 0 Å². The minimum absolute atomic E-state index is 0.0827. The molecule has 150 valence electrons. The Kier molecular flexibility index (Phi) is 5.91. The van der Waals surface area contributed by atoms with Crippen molar-refractivity contribution in [3.05, 3.63) is 72.3 Å². The number of nitrogens with one attached hydrogen (secondary N) is 1. The van der Waals surface area contributed by atoms with Gasteiger partial charge in [-0.2, -0.15) is 0 Å². The largest absolute Gasteiger partial charge is 0.378 e. The molecule has 0 spiro atoms. The lowest BCUT2D eigenvalue weighted by atomic mass is 10.0. The van der Waals surface area contributed by atoms with Crippen LogP contribution in [0.25, 0.3) is 11.1 Å². The highest BCUT2D eigenvalue weighted by atomic mass is 16.5. The summed E-state index contributed by atoms with van der Waals surface area (Å²) >= 11 is 0. The summed E-state index contributed by atoms with van der Waals surface area (Å²) in [5, 5.41) is 2.99. The Morgan fingerprint density at radius 2 is 1.90 bits per heavy atom. The van der Waals surface area contributed by atoms with E-state index in [0.717, 1.165) is 49.7 Å². The number of morpholine rings is 1. The summed E-state index contributed by atoms with van der Waals surface area (Å²) in [6.07, 6.45) is 3.57. The minimum Gasteiger partial charge on any atom is -0.378 e. The Bertz CT molecular complexity index is 959. The van der Waals surface area contributed by atoms with E-state index in [4.69, 9.17) is 4.74 Å². The van der Waals surface area contributed by atoms with Gasteiger partial charge in [0.05, 0.1) is 31.8 Å². The summed E-state index contributed by atoms with van der Waals surface area (Å²) in [4.78, 5) is 19.1. The first-order valence-electron chi connectivity index (χ1n) is 10.0. The van der Waals surface area contributed by atoms with Crippen LogP contribution in [0.4, 0.5) is 5.69 Å². The summed E-state index contributed by atoms with van der Waals surface area (Å²) < 4.78 is 7.44. The predicted molar refractivity (Wildman–Crippen MR) is 114 cm³/mol. The van der Waals surface area contributed by atoms with Crippen molar-refractivity contribution in [2.24, 2.45) is 0 Å². The number of ether oxygens (including phenoxy) is 1. The van der Waals surface area contributed by atoms with Crippen LogP contribution in [0, 0.1) is 0 Å². The van der Waals surface area contributed by atoms with E-state index in [1.807, 2.05) is 28.8 Å². The average Bonchev–Trinajstić information content (AvgIpc) is 3.26. The monoisotopic (exact) mass is 390 g/mol. The van der Waals surface area contributed by atoms with Crippen molar-refractivity contribution >= 4 is 11.6 Å². The van der Waals surface area contributed by atoms with E-state index >= 15 is 0 Å². The van der Waals surface area contributed by atoms with Gasteiger partial charge in [-0.3, -0.25) is 4.79 Å². The molecule has 1 aromatic heterocycles. The fraction of sp³-hybridized carbons (Fsp3) is 0.304. The maximum absolute atomic E-state index is 12.6. The van der Waals surface area contributed by atoms with E-state index < -0.39 is 0 Å². The second-order valence-corrected chi connectivity index (χ2v) is 7.08. The third kappa shape index (κ3) is 4.49. The van der Waals surface area contributed by atoms with Crippen molar-refractivity contribution in [2.45, 2.75) is 20.0 Å². The van der Waals surface area contributed by atoms with Crippen molar-refractivity contribution in [2.75, 3.05) is 31.2 Å². The number of carbonyl (C=O) groups is 1. The number of anilines is 1. The smallest absolute Gasteiger partial charge is 0.251 e. The van der Waals surface area contributed by atoms with Gasteiger partial charge in [-0.25, -0.2) is 4.98 Å². The van der Waals surface area contributed by atoms with Gasteiger partial charge in [-0.1, -0.05) is 24.3 Å². The number of aromatic nitrogens is 2. The van der Waals surface area contributed by atoms with E-state index in [1.165, 1.54) is 5.69 Å². The quantitative estimate of drug-likeness (QED) is 0.701. The van der Waals surface area contributed by atoms with Gasteiger partial charge in [-0.05, 0) is 42.3 Å². The normalized spacial score (nSPS) is 14.0. The highest BCUT2D eigenvalue weighted by molar-refractivity contribution is 5.95. The molecule has 0 radical (unpaired) electrons. The van der Waals surface area contributed by atoms with Gasteiger partial charge in [0.25, 0.3) is 5.91 Å². The lowest BCUT2D eigenvalue weighted by Crippen LogP contribution is -2.36. The topological polar surface area (TPSA) is 59.4 Å². The molecule has 6 heteroatoms. The van der Waals surface area contributed by atoms with E-state index in [2.05, 4.69) is 46.4 Å². The first-order valence-corrected chi connectivity index (χ1v) is 10.0. The molecule has 0 atom stereocenters. The van der Waals surface area contributed by atoms with Crippen molar-refractivity contribution in [1.29, 1.82) is 0 Å². The van der Waals surface area contributed by atoms with E-state index in [9.17, 15) is 4.79 Å². The maximum Gasteiger partial charge on any atom is 0.251 e. The average molecular weight is 390 g/mol. The molecule has 0 unspecified atom stereocenters. The van der Waals surface area contributed by atoms with Crippen LogP contribution in [-0.2, 0) is 17.8 Å². The Hall–Kier alpha value is -3.12. The van der Waals surface area contributed by atoms with Gasteiger partial charge in [0.2, 0.25) is 0 Å². The molecule has 1 fully saturated rings. The number of amides is 1. The number of hydrogen-bond acceptors (Lipinski definition) is 4. The van der Waals surface area contributed by atoms with Gasteiger partial charge < -0.3 is 19.5 Å². The number of imidazole rings is 1. The zero-order valence-electron chi connectivity index (χ0n) is 16.7. The Morgan fingerprint density at radius 1 is 1.10 bits per heavy atom. The van der Waals surface area contributed by atoms with E-state index in [1.54, 1.807) is 12.5 Å². The van der Waals surface area contributed by atoms with Crippen molar-refractivity contribution in [3.8, 4) is 11.1 Å². The molecule has 2 aromatic carbocycles. The molecule has 3 aromatic rings. The van der Waals surface area contributed by atoms with E-state index in [0.29, 0.717) is 12.1 Å². The van der Waals surface area contributed by atoms with E-state index in [-0.39, 0.29) is 5.91 Å². The summed E-state index contributed by atoms with van der Waals surface area (Å²) in [7, 11) is 0. The second kappa shape index (κ2) is 8.92. The van der Waals surface area contributed by atoms with Crippen LogP contribution in [0.5, 0.6) is 0 Å². The van der Waals surface area contributed by atoms with Gasteiger partial charge in [0.15, 0.2) is 0 Å². The zero-order chi connectivity index (χ0) is 20.1. The van der Waals surface area contributed by atoms with Crippen molar-refractivity contribution in [3.63, 3.8) is 0 Å². The lowest BCUT2D eigenvalue weighted by Gasteiger charge is -2.28. The Morgan fingerprint density at radius 3 is 2.66 bits per heavy atom. The molecular weight excluding hydrogens is 364 g/mol. The van der Waals surface area contributed by atoms with Crippen LogP contribution in [0.3, 0.4) is 0 Å². The maximum atomic E-state index is 12.6. The third-order valence-corrected chi connectivity index (χ3v) is 5.27. The van der Waals surface area contributed by atoms with Gasteiger partial charge in [-0.15, -0.1) is 0 Å². The first-order chi connectivity index (χ1) is 14.2. The summed E-state index contributed by atoms with van der Waals surface area (Å²) in [5.74, 6) is -0.0827. The molecule has 1 amide bonds. The number of rotatable bonds is 6. The summed E-state index contributed by atoms with van der Waals surface area (Å²) in [6, 6.07) is 16.2. The molecule has 1 aliphatic rings. The molecule has 0 saturated carbocycles. The molecule has 4 rings (SSSR count). The zero-order valence-corrected chi connectivity index (χ0v) is 16.7. The molecule has 1 N–H and O–H groups in total. The fourth-order valence-corrected chi connectivity index (χ4v) is 3.58. The van der Waals surface area contributed by atoms with Crippen LogP contribution < -0.4 is 10.2 Å². The Labute approximate surface area is 171 Å². The van der Waals surface area contributed by atoms with Crippen LogP contribution >= 0.6 is 0 Å². The molecule has 0 bridgehead atoms. The number of benzene rings is 2. The number of hydrogen-bond donors (Lipinski definition) is 1. The minimum atomic E-state index is -0.0827. The van der Waals surface area contributed by atoms with Gasteiger partial charge in [0.1, 0.15) is 0 Å². The van der Waals surface area contributed by atoms with Crippen LogP contribution in [-0.4, -0.2) is 41.8 Å². The van der Waals surface area contributed by atoms with Crippen LogP contribution in [0.15, 0.2) is 61.1 Å². The molecule has 2 heterocycles. The molecule has 0 aliphatic carbocycles. The van der Waals surface area contributed by atoms with Crippen molar-refractivity contribution in [1.82, 2.24) is 14.9 Å². The van der Waals surface area contributed by atoms with Gasteiger partial charge in [0, 0.05) is 37.1 Å². The SMILES string of the molecule is CCn1cncc1CNC(=O)c1cccc(-c2ccc(N3CCOCC3)cc2)c1.